The van der Waals surface area contributed by atoms with Crippen molar-refractivity contribution in [3.63, 3.8) is 0 Å². The molecule has 0 radical (unpaired) electrons. The molecular weight excluding hydrogens is 152 g/mol. The van der Waals surface area contributed by atoms with Crippen LogP contribution in [0.3, 0.4) is 0 Å². The summed E-state index contributed by atoms with van der Waals surface area (Å²) in [6, 6.07) is -2.30. The summed E-state index contributed by atoms with van der Waals surface area (Å²) in [7, 11) is 0. The summed E-state index contributed by atoms with van der Waals surface area (Å²) >= 11 is 0. The summed E-state index contributed by atoms with van der Waals surface area (Å²) < 4.78 is 0. The number of nitrogens with zero attached hydrogens (tertiary/aromatic N) is 2. The first kappa shape index (κ1) is 10.1. The predicted octanol–water partition coefficient (Wildman–Crippen LogP) is -0.370. The molecule has 0 aliphatic heterocycles. The Morgan fingerprint density at radius 1 is 1.36 bits per heavy atom. The topological polar surface area (TPSA) is 99.3 Å². The molecule has 0 aromatic carbocycles. The maximum atomic E-state index is 9.99. The molecule has 0 bridgehead atoms. The first-order chi connectivity index (χ1) is 5.17. The van der Waals surface area contributed by atoms with Gasteiger partial charge in [0.1, 0.15) is 12.1 Å². The predicted molar refractivity (Wildman–Crippen MR) is 37.9 cm³/mol. The van der Waals surface area contributed by atoms with Gasteiger partial charge in [0.15, 0.2) is 0 Å². The van der Waals surface area contributed by atoms with Crippen LogP contribution in [0.4, 0.5) is 0 Å². The van der Waals surface area contributed by atoms with Crippen molar-refractivity contribution in [2.75, 3.05) is 6.61 Å². The third kappa shape index (κ3) is 2.69. The number of nitroso groups, excluding NO2 is 2. The van der Waals surface area contributed by atoms with E-state index in [4.69, 9.17) is 10.2 Å². The molecule has 0 aliphatic carbocycles. The van der Waals surface area contributed by atoms with Crippen molar-refractivity contribution in [1.82, 2.24) is 0 Å². The molecule has 2 N–H and O–H groups in total. The highest BCUT2D eigenvalue weighted by molar-refractivity contribution is 4.84. The lowest BCUT2D eigenvalue weighted by molar-refractivity contribution is 0.131. The van der Waals surface area contributed by atoms with E-state index in [0.29, 0.717) is 0 Å². The molecule has 0 aromatic rings. The summed E-state index contributed by atoms with van der Waals surface area (Å²) in [5.41, 5.74) is 0. The molecule has 3 atom stereocenters. The Hall–Kier alpha value is -0.880. The van der Waals surface area contributed by atoms with E-state index in [9.17, 15) is 9.81 Å². The number of aliphatic hydroxyl groups excluding tert-OH is 2. The van der Waals surface area contributed by atoms with Crippen LogP contribution in [0.2, 0.25) is 0 Å². The molecule has 0 heterocycles. The normalized spacial score (nSPS) is 18.5. The second-order valence-electron chi connectivity index (χ2n) is 2.19. The molecule has 0 aromatic heterocycles. The van der Waals surface area contributed by atoms with Crippen molar-refractivity contribution < 1.29 is 10.2 Å². The van der Waals surface area contributed by atoms with Crippen LogP contribution in [0.15, 0.2) is 10.4 Å². The van der Waals surface area contributed by atoms with Gasteiger partial charge in [0, 0.05) is 0 Å². The Bertz CT molecular complexity index is 138. The van der Waals surface area contributed by atoms with Gasteiger partial charge in [0.05, 0.1) is 12.7 Å². The van der Waals surface area contributed by atoms with Crippen LogP contribution in [0, 0.1) is 9.81 Å². The maximum Gasteiger partial charge on any atom is 0.145 e. The highest BCUT2D eigenvalue weighted by Gasteiger charge is 2.27. The van der Waals surface area contributed by atoms with Crippen LogP contribution < -0.4 is 0 Å². The summed E-state index contributed by atoms with van der Waals surface area (Å²) in [6.07, 6.45) is -1.07. The lowest BCUT2D eigenvalue weighted by Gasteiger charge is -2.14. The molecule has 11 heavy (non-hydrogen) atoms. The monoisotopic (exact) mass is 162 g/mol. The molecular formula is C5H10N2O4. The van der Waals surface area contributed by atoms with Gasteiger partial charge in [-0.15, -0.1) is 0 Å². The van der Waals surface area contributed by atoms with Crippen molar-refractivity contribution in [3.8, 4) is 0 Å². The standard InChI is InChI=1S/C5H10N2O4/c1-3(9)5(7-11)4(2-8)6-10/h3-5,8-9H,2H2,1H3. The maximum absolute atomic E-state index is 9.99. The Labute approximate surface area is 63.2 Å². The SMILES string of the molecule is CC(O)C(N=O)C(CO)N=O. The van der Waals surface area contributed by atoms with E-state index in [0.717, 1.165) is 0 Å². The lowest BCUT2D eigenvalue weighted by Crippen LogP contribution is -2.34. The largest absolute Gasteiger partial charge is 0.394 e. The van der Waals surface area contributed by atoms with Crippen molar-refractivity contribution in [3.05, 3.63) is 9.81 Å². The van der Waals surface area contributed by atoms with Gasteiger partial charge < -0.3 is 10.2 Å². The second kappa shape index (κ2) is 4.86. The zero-order valence-corrected chi connectivity index (χ0v) is 6.04. The summed E-state index contributed by atoms with van der Waals surface area (Å²) in [5, 5.41) is 22.2. The molecule has 0 rings (SSSR count). The van der Waals surface area contributed by atoms with Gasteiger partial charge in [-0.05, 0) is 6.92 Å². The fourth-order valence-corrected chi connectivity index (χ4v) is 0.684. The second-order valence-corrected chi connectivity index (χ2v) is 2.19. The zero-order valence-electron chi connectivity index (χ0n) is 6.04. The van der Waals surface area contributed by atoms with Gasteiger partial charge in [-0.25, -0.2) is 0 Å². The molecule has 0 saturated heterocycles. The van der Waals surface area contributed by atoms with Gasteiger partial charge in [-0.3, -0.25) is 0 Å². The first-order valence-electron chi connectivity index (χ1n) is 3.11. The minimum Gasteiger partial charge on any atom is -0.394 e. The molecule has 64 valence electrons. The van der Waals surface area contributed by atoms with Crippen LogP contribution in [0.5, 0.6) is 0 Å². The van der Waals surface area contributed by atoms with E-state index in [2.05, 4.69) is 10.4 Å². The average molecular weight is 162 g/mol. The number of hydrogen-bond acceptors (Lipinski definition) is 6. The summed E-state index contributed by atoms with van der Waals surface area (Å²) in [4.78, 5) is 19.9. The van der Waals surface area contributed by atoms with E-state index >= 15 is 0 Å². The van der Waals surface area contributed by atoms with E-state index in [1.807, 2.05) is 0 Å². The number of aliphatic hydroxyl groups is 2. The smallest absolute Gasteiger partial charge is 0.145 e. The highest BCUT2D eigenvalue weighted by Crippen LogP contribution is 2.07. The Morgan fingerprint density at radius 3 is 2.00 bits per heavy atom. The first-order valence-corrected chi connectivity index (χ1v) is 3.11. The third-order valence-electron chi connectivity index (χ3n) is 1.33. The molecule has 0 saturated carbocycles. The highest BCUT2D eigenvalue weighted by atomic mass is 16.3. The van der Waals surface area contributed by atoms with Crippen molar-refractivity contribution in [2.24, 2.45) is 10.4 Å². The summed E-state index contributed by atoms with van der Waals surface area (Å²) in [6.45, 7) is 0.727. The molecule has 0 fully saturated rings. The Balaban J connectivity index is 4.20. The zero-order chi connectivity index (χ0) is 8.85. The Morgan fingerprint density at radius 2 is 1.91 bits per heavy atom. The van der Waals surface area contributed by atoms with Gasteiger partial charge in [0.25, 0.3) is 0 Å². The fraction of sp³-hybridized carbons (Fsp3) is 1.00. The van der Waals surface area contributed by atoms with E-state index in [-0.39, 0.29) is 0 Å². The van der Waals surface area contributed by atoms with Gasteiger partial charge >= 0.3 is 0 Å². The van der Waals surface area contributed by atoms with Crippen LogP contribution in [-0.4, -0.2) is 35.0 Å². The third-order valence-corrected chi connectivity index (χ3v) is 1.33. The van der Waals surface area contributed by atoms with Crippen LogP contribution in [0.1, 0.15) is 6.92 Å². The van der Waals surface area contributed by atoms with Gasteiger partial charge in [-0.1, -0.05) is 10.4 Å². The Kier molecular flexibility index (Phi) is 4.47. The average Bonchev–Trinajstić information content (AvgIpc) is 1.99. The minimum absolute atomic E-state index is 0.579. The van der Waals surface area contributed by atoms with Crippen molar-refractivity contribution in [1.29, 1.82) is 0 Å². The van der Waals surface area contributed by atoms with Crippen molar-refractivity contribution in [2.45, 2.75) is 25.1 Å². The molecule has 0 amide bonds. The molecule has 6 heteroatoms. The molecule has 0 aliphatic rings. The molecule has 6 nitrogen and oxygen atoms in total. The van der Waals surface area contributed by atoms with E-state index < -0.39 is 24.8 Å². The number of rotatable bonds is 5. The number of hydrogen-bond donors (Lipinski definition) is 2. The van der Waals surface area contributed by atoms with Gasteiger partial charge in [-0.2, -0.15) is 9.81 Å². The van der Waals surface area contributed by atoms with Crippen molar-refractivity contribution >= 4 is 0 Å². The quantitative estimate of drug-likeness (QED) is 0.538. The van der Waals surface area contributed by atoms with Crippen LogP contribution >= 0.6 is 0 Å². The van der Waals surface area contributed by atoms with Crippen LogP contribution in [0.25, 0.3) is 0 Å². The lowest BCUT2D eigenvalue weighted by atomic mass is 10.1. The van der Waals surface area contributed by atoms with Crippen LogP contribution in [-0.2, 0) is 0 Å². The van der Waals surface area contributed by atoms with E-state index in [1.54, 1.807) is 0 Å². The molecule has 3 unspecified atom stereocenters. The fourth-order valence-electron chi connectivity index (χ4n) is 0.684. The van der Waals surface area contributed by atoms with E-state index in [1.165, 1.54) is 6.92 Å². The molecule has 0 spiro atoms. The van der Waals surface area contributed by atoms with Gasteiger partial charge in [0.2, 0.25) is 0 Å². The summed E-state index contributed by atoms with van der Waals surface area (Å²) in [5.74, 6) is 0. The minimum atomic E-state index is -1.16.